The summed E-state index contributed by atoms with van der Waals surface area (Å²) in [6.45, 7) is 1.94. The van der Waals surface area contributed by atoms with Gasteiger partial charge in [-0.15, -0.1) is 12.4 Å². The van der Waals surface area contributed by atoms with E-state index in [1.54, 1.807) is 18.2 Å². The number of amidine groups is 1. The average Bonchev–Trinajstić information content (AvgIpc) is 2.26. The molecule has 0 atom stereocenters. The third-order valence-corrected chi connectivity index (χ3v) is 4.13. The van der Waals surface area contributed by atoms with Crippen molar-refractivity contribution in [1.82, 2.24) is 0 Å². The topological polar surface area (TPSA) is 84.0 Å². The van der Waals surface area contributed by atoms with Crippen molar-refractivity contribution in [3.63, 3.8) is 0 Å². The van der Waals surface area contributed by atoms with Crippen LogP contribution in [-0.4, -0.2) is 20.0 Å². The van der Waals surface area contributed by atoms with Crippen LogP contribution in [0, 0.1) is 5.41 Å². The lowest BCUT2D eigenvalue weighted by Crippen LogP contribution is -2.17. The standard InChI is InChI=1S/C11H16N2O2S.ClH/c1-2-3-8-16(14,15)10-7-5-4-6-9(10)11(12)13;/h4-7H,2-3,8H2,1H3,(H3,12,13);1H. The minimum atomic E-state index is -3.32. The minimum absolute atomic E-state index is 0. The zero-order valence-corrected chi connectivity index (χ0v) is 11.3. The third-order valence-electron chi connectivity index (χ3n) is 2.28. The summed E-state index contributed by atoms with van der Waals surface area (Å²) >= 11 is 0. The number of nitrogens with two attached hydrogens (primary N) is 1. The number of halogens is 1. The summed E-state index contributed by atoms with van der Waals surface area (Å²) in [5, 5.41) is 7.35. The molecule has 0 unspecified atom stereocenters. The van der Waals surface area contributed by atoms with Gasteiger partial charge in [0.05, 0.1) is 10.6 Å². The van der Waals surface area contributed by atoms with Crippen LogP contribution in [0.5, 0.6) is 0 Å². The highest BCUT2D eigenvalue weighted by Crippen LogP contribution is 2.17. The Labute approximate surface area is 108 Å². The van der Waals surface area contributed by atoms with Crippen molar-refractivity contribution < 1.29 is 8.42 Å². The first-order chi connectivity index (χ1) is 7.49. The van der Waals surface area contributed by atoms with Crippen LogP contribution < -0.4 is 5.73 Å². The fraction of sp³-hybridized carbons (Fsp3) is 0.364. The molecule has 0 spiro atoms. The van der Waals surface area contributed by atoms with Crippen LogP contribution in [0.15, 0.2) is 29.2 Å². The van der Waals surface area contributed by atoms with Crippen molar-refractivity contribution in [1.29, 1.82) is 5.41 Å². The van der Waals surface area contributed by atoms with Gasteiger partial charge in [-0.2, -0.15) is 0 Å². The van der Waals surface area contributed by atoms with E-state index in [1.165, 1.54) is 6.07 Å². The molecule has 0 heterocycles. The molecule has 0 radical (unpaired) electrons. The predicted octanol–water partition coefficient (Wildman–Crippen LogP) is 1.97. The maximum absolute atomic E-state index is 12.0. The molecule has 0 bridgehead atoms. The number of nitrogen functional groups attached to an aromatic ring is 1. The van der Waals surface area contributed by atoms with Crippen LogP contribution in [0.4, 0.5) is 0 Å². The van der Waals surface area contributed by atoms with Gasteiger partial charge >= 0.3 is 0 Å². The van der Waals surface area contributed by atoms with Gasteiger partial charge in [0, 0.05) is 5.56 Å². The second-order valence-electron chi connectivity index (χ2n) is 3.58. The van der Waals surface area contributed by atoms with E-state index in [0.717, 1.165) is 6.42 Å². The van der Waals surface area contributed by atoms with Crippen molar-refractivity contribution >= 4 is 28.1 Å². The van der Waals surface area contributed by atoms with E-state index >= 15 is 0 Å². The molecule has 96 valence electrons. The van der Waals surface area contributed by atoms with Crippen LogP contribution in [0.3, 0.4) is 0 Å². The second-order valence-corrected chi connectivity index (χ2v) is 5.66. The van der Waals surface area contributed by atoms with Crippen LogP contribution >= 0.6 is 12.4 Å². The number of rotatable bonds is 5. The quantitative estimate of drug-likeness (QED) is 0.637. The first kappa shape index (κ1) is 15.9. The number of sulfone groups is 1. The summed E-state index contributed by atoms with van der Waals surface area (Å²) in [6, 6.07) is 6.38. The Hall–Kier alpha value is -1.07. The van der Waals surface area contributed by atoms with Gasteiger partial charge in [0.25, 0.3) is 0 Å². The molecule has 1 rings (SSSR count). The van der Waals surface area contributed by atoms with E-state index in [-0.39, 0.29) is 28.9 Å². The van der Waals surface area contributed by atoms with Gasteiger partial charge < -0.3 is 5.73 Å². The van der Waals surface area contributed by atoms with Gasteiger partial charge in [0.15, 0.2) is 9.84 Å². The molecule has 17 heavy (non-hydrogen) atoms. The Morgan fingerprint density at radius 2 is 1.94 bits per heavy atom. The fourth-order valence-electron chi connectivity index (χ4n) is 1.40. The fourth-order valence-corrected chi connectivity index (χ4v) is 3.09. The number of hydrogen-bond donors (Lipinski definition) is 2. The normalized spacial score (nSPS) is 10.6. The molecule has 0 amide bonds. The summed E-state index contributed by atoms with van der Waals surface area (Å²) < 4.78 is 23.9. The molecule has 0 saturated heterocycles. The number of unbranched alkanes of at least 4 members (excludes halogenated alkanes) is 1. The Balaban J connectivity index is 0.00000256. The number of benzene rings is 1. The van der Waals surface area contributed by atoms with E-state index in [9.17, 15) is 8.42 Å². The van der Waals surface area contributed by atoms with Crippen molar-refractivity contribution in [2.45, 2.75) is 24.7 Å². The highest BCUT2D eigenvalue weighted by molar-refractivity contribution is 7.91. The second kappa shape index (κ2) is 6.61. The van der Waals surface area contributed by atoms with Crippen molar-refractivity contribution in [3.05, 3.63) is 29.8 Å². The molecule has 0 fully saturated rings. The Morgan fingerprint density at radius 3 is 2.47 bits per heavy atom. The van der Waals surface area contributed by atoms with E-state index < -0.39 is 9.84 Å². The molecule has 6 heteroatoms. The summed E-state index contributed by atoms with van der Waals surface area (Å²) in [7, 11) is -3.32. The zero-order chi connectivity index (χ0) is 12.2. The molecule has 0 aliphatic carbocycles. The Morgan fingerprint density at radius 1 is 1.35 bits per heavy atom. The summed E-state index contributed by atoms with van der Waals surface area (Å²) in [5.41, 5.74) is 5.65. The Kier molecular flexibility index (Phi) is 6.20. The Bertz CT molecular complexity index is 486. The van der Waals surface area contributed by atoms with Crippen molar-refractivity contribution in [2.24, 2.45) is 5.73 Å². The van der Waals surface area contributed by atoms with Gasteiger partial charge in [-0.25, -0.2) is 8.42 Å². The van der Waals surface area contributed by atoms with E-state index in [4.69, 9.17) is 11.1 Å². The smallest absolute Gasteiger partial charge is 0.179 e. The molecule has 1 aromatic carbocycles. The first-order valence-electron chi connectivity index (χ1n) is 5.15. The molecule has 0 aromatic heterocycles. The molecule has 0 aliphatic rings. The van der Waals surface area contributed by atoms with Crippen molar-refractivity contribution in [3.8, 4) is 0 Å². The van der Waals surface area contributed by atoms with Crippen LogP contribution in [-0.2, 0) is 9.84 Å². The van der Waals surface area contributed by atoms with Gasteiger partial charge in [0.2, 0.25) is 0 Å². The van der Waals surface area contributed by atoms with Gasteiger partial charge in [0.1, 0.15) is 5.84 Å². The number of hydrogen-bond acceptors (Lipinski definition) is 3. The monoisotopic (exact) mass is 276 g/mol. The lowest BCUT2D eigenvalue weighted by Gasteiger charge is -2.08. The van der Waals surface area contributed by atoms with E-state index in [2.05, 4.69) is 0 Å². The number of nitrogens with one attached hydrogen (secondary N) is 1. The molecular formula is C11H17ClN2O2S. The highest BCUT2D eigenvalue weighted by Gasteiger charge is 2.18. The SMILES string of the molecule is CCCCS(=O)(=O)c1ccccc1C(=N)N.Cl. The van der Waals surface area contributed by atoms with Crippen LogP contribution in [0.25, 0.3) is 0 Å². The highest BCUT2D eigenvalue weighted by atomic mass is 35.5. The zero-order valence-electron chi connectivity index (χ0n) is 9.64. The van der Waals surface area contributed by atoms with Gasteiger partial charge in [-0.3, -0.25) is 5.41 Å². The van der Waals surface area contributed by atoms with Gasteiger partial charge in [-0.1, -0.05) is 25.5 Å². The van der Waals surface area contributed by atoms with Gasteiger partial charge in [-0.05, 0) is 18.6 Å². The van der Waals surface area contributed by atoms with Crippen LogP contribution in [0.1, 0.15) is 25.3 Å². The maximum atomic E-state index is 12.0. The molecule has 3 N–H and O–H groups in total. The molecule has 4 nitrogen and oxygen atoms in total. The first-order valence-corrected chi connectivity index (χ1v) is 6.80. The molecule has 1 aromatic rings. The summed E-state index contributed by atoms with van der Waals surface area (Å²) in [6.07, 6.45) is 1.44. The molecule has 0 aliphatic heterocycles. The lowest BCUT2D eigenvalue weighted by atomic mass is 10.2. The molecule has 0 saturated carbocycles. The predicted molar refractivity (Wildman–Crippen MR) is 71.7 cm³/mol. The largest absolute Gasteiger partial charge is 0.384 e. The maximum Gasteiger partial charge on any atom is 0.179 e. The minimum Gasteiger partial charge on any atom is -0.384 e. The summed E-state index contributed by atoms with van der Waals surface area (Å²) in [4.78, 5) is 0.163. The lowest BCUT2D eigenvalue weighted by molar-refractivity contribution is 0.592. The third kappa shape index (κ3) is 4.02. The molecular weight excluding hydrogens is 260 g/mol. The average molecular weight is 277 g/mol. The van der Waals surface area contributed by atoms with E-state index in [0.29, 0.717) is 12.0 Å². The van der Waals surface area contributed by atoms with Crippen LogP contribution in [0.2, 0.25) is 0 Å². The summed E-state index contributed by atoms with van der Waals surface area (Å²) in [5.74, 6) is -0.107. The van der Waals surface area contributed by atoms with Crippen molar-refractivity contribution in [2.75, 3.05) is 5.75 Å². The van der Waals surface area contributed by atoms with E-state index in [1.807, 2.05) is 6.92 Å².